The second-order valence-electron chi connectivity index (χ2n) is 5.68. The summed E-state index contributed by atoms with van der Waals surface area (Å²) in [4.78, 5) is 25.6. The van der Waals surface area contributed by atoms with E-state index < -0.39 is 0 Å². The van der Waals surface area contributed by atoms with Crippen molar-refractivity contribution >= 4 is 36.0 Å². The molecule has 0 bridgehead atoms. The minimum atomic E-state index is 0. The lowest BCUT2D eigenvalue weighted by Crippen LogP contribution is -2.42. The van der Waals surface area contributed by atoms with Crippen molar-refractivity contribution in [3.05, 3.63) is 0 Å². The fourth-order valence-corrected chi connectivity index (χ4v) is 3.31. The van der Waals surface area contributed by atoms with E-state index in [0.717, 1.165) is 25.9 Å². The molecule has 2 amide bonds. The molecule has 0 aromatic rings. The smallest absolute Gasteiger partial charge is 0.232 e. The quantitative estimate of drug-likeness (QED) is 0.728. The number of rotatable bonds is 7. The van der Waals surface area contributed by atoms with E-state index in [0.29, 0.717) is 24.0 Å². The molecule has 122 valence electrons. The first-order valence-electron chi connectivity index (χ1n) is 7.55. The molecule has 1 atom stereocenters. The summed E-state index contributed by atoms with van der Waals surface area (Å²) in [7, 11) is 0. The van der Waals surface area contributed by atoms with E-state index in [2.05, 4.69) is 5.32 Å². The maximum Gasteiger partial charge on any atom is 0.232 e. The Hall–Kier alpha value is -0.460. The normalized spacial score (nSPS) is 19.6. The molecule has 1 saturated heterocycles. The zero-order chi connectivity index (χ0) is 14.4. The highest BCUT2D eigenvalue weighted by molar-refractivity contribution is 8.00. The molecule has 2 rings (SSSR count). The number of nitrogens with two attached hydrogens (primary N) is 1. The largest absolute Gasteiger partial charge is 0.351 e. The molecule has 2 fully saturated rings. The Morgan fingerprint density at radius 1 is 1.19 bits per heavy atom. The highest BCUT2D eigenvalue weighted by atomic mass is 35.5. The molecule has 21 heavy (non-hydrogen) atoms. The van der Waals surface area contributed by atoms with E-state index in [9.17, 15) is 9.59 Å². The van der Waals surface area contributed by atoms with Gasteiger partial charge in [0.05, 0.1) is 11.5 Å². The number of likely N-dealkylation sites (tertiary alicyclic amines) is 1. The monoisotopic (exact) mass is 335 g/mol. The molecule has 0 aromatic heterocycles. The van der Waals surface area contributed by atoms with Crippen LogP contribution in [-0.4, -0.2) is 53.9 Å². The number of amides is 2. The summed E-state index contributed by atoms with van der Waals surface area (Å²) in [5.74, 6) is 1.50. The van der Waals surface area contributed by atoms with Crippen LogP contribution in [0.5, 0.6) is 0 Å². The number of carbonyl (C=O) groups excluding carboxylic acids is 2. The van der Waals surface area contributed by atoms with Gasteiger partial charge in [0.2, 0.25) is 11.8 Å². The van der Waals surface area contributed by atoms with Crippen molar-refractivity contribution in [1.82, 2.24) is 10.2 Å². The lowest BCUT2D eigenvalue weighted by molar-refractivity contribution is -0.129. The van der Waals surface area contributed by atoms with Gasteiger partial charge in [-0.1, -0.05) is 0 Å². The zero-order valence-corrected chi connectivity index (χ0v) is 14.0. The van der Waals surface area contributed by atoms with Gasteiger partial charge in [0.15, 0.2) is 0 Å². The molecule has 0 aromatic carbocycles. The Kier molecular flexibility index (Phi) is 8.44. The van der Waals surface area contributed by atoms with E-state index in [-0.39, 0.29) is 30.3 Å². The third kappa shape index (κ3) is 6.45. The standard InChI is InChI=1S/C14H25N3O2S.ClH/c15-8-12(11-4-5-11)16-13(18)9-20-10-14(19)17-6-2-1-3-7-17;/h11-12H,1-10,15H2,(H,16,18);1H. The molecule has 1 aliphatic heterocycles. The molecule has 0 spiro atoms. The average molecular weight is 336 g/mol. The number of halogens is 1. The van der Waals surface area contributed by atoms with Crippen LogP contribution >= 0.6 is 24.2 Å². The summed E-state index contributed by atoms with van der Waals surface area (Å²) in [6.45, 7) is 2.26. The second kappa shape index (κ2) is 9.54. The number of hydrogen-bond donors (Lipinski definition) is 2. The highest BCUT2D eigenvalue weighted by Gasteiger charge is 2.31. The summed E-state index contributed by atoms with van der Waals surface area (Å²) in [6, 6.07) is 0.126. The van der Waals surface area contributed by atoms with Gasteiger partial charge in [0.25, 0.3) is 0 Å². The number of nitrogens with one attached hydrogen (secondary N) is 1. The molecule has 7 heteroatoms. The van der Waals surface area contributed by atoms with Crippen LogP contribution in [0.1, 0.15) is 32.1 Å². The number of piperidine rings is 1. The minimum absolute atomic E-state index is 0. The van der Waals surface area contributed by atoms with Crippen molar-refractivity contribution in [2.75, 3.05) is 31.1 Å². The van der Waals surface area contributed by atoms with Crippen LogP contribution in [0.3, 0.4) is 0 Å². The fourth-order valence-electron chi connectivity index (χ4n) is 2.58. The first-order valence-corrected chi connectivity index (χ1v) is 8.71. The van der Waals surface area contributed by atoms with Crippen molar-refractivity contribution in [2.45, 2.75) is 38.1 Å². The Balaban J connectivity index is 0.00000220. The lowest BCUT2D eigenvalue weighted by Gasteiger charge is -2.26. The third-order valence-corrected chi connectivity index (χ3v) is 4.88. The van der Waals surface area contributed by atoms with E-state index in [4.69, 9.17) is 5.73 Å². The van der Waals surface area contributed by atoms with Gasteiger partial charge in [-0.05, 0) is 38.0 Å². The Morgan fingerprint density at radius 3 is 2.43 bits per heavy atom. The van der Waals surface area contributed by atoms with E-state index >= 15 is 0 Å². The summed E-state index contributed by atoms with van der Waals surface area (Å²) in [5, 5.41) is 2.97. The maximum absolute atomic E-state index is 11.9. The van der Waals surface area contributed by atoms with Gasteiger partial charge in [0.1, 0.15) is 0 Å². The van der Waals surface area contributed by atoms with Crippen molar-refractivity contribution in [2.24, 2.45) is 11.7 Å². The van der Waals surface area contributed by atoms with Gasteiger partial charge in [-0.2, -0.15) is 0 Å². The molecule has 2 aliphatic rings. The molecule has 1 unspecified atom stereocenters. The van der Waals surface area contributed by atoms with Gasteiger partial charge < -0.3 is 16.0 Å². The van der Waals surface area contributed by atoms with E-state index in [1.165, 1.54) is 31.0 Å². The number of nitrogens with zero attached hydrogens (tertiary/aromatic N) is 1. The van der Waals surface area contributed by atoms with Crippen molar-refractivity contribution in [3.8, 4) is 0 Å². The Morgan fingerprint density at radius 2 is 1.86 bits per heavy atom. The summed E-state index contributed by atoms with van der Waals surface area (Å²) in [5.41, 5.74) is 5.65. The molecular formula is C14H26ClN3O2S. The van der Waals surface area contributed by atoms with Crippen LogP contribution in [0.2, 0.25) is 0 Å². The number of thioether (sulfide) groups is 1. The Labute approximate surface area is 137 Å². The molecule has 3 N–H and O–H groups in total. The first kappa shape index (κ1) is 18.6. The van der Waals surface area contributed by atoms with Gasteiger partial charge in [-0.15, -0.1) is 24.2 Å². The number of hydrogen-bond acceptors (Lipinski definition) is 4. The van der Waals surface area contributed by atoms with Gasteiger partial charge >= 0.3 is 0 Å². The fraction of sp³-hybridized carbons (Fsp3) is 0.857. The highest BCUT2D eigenvalue weighted by Crippen LogP contribution is 2.32. The van der Waals surface area contributed by atoms with Crippen molar-refractivity contribution in [1.29, 1.82) is 0 Å². The van der Waals surface area contributed by atoms with E-state index in [1.807, 2.05) is 4.90 Å². The average Bonchev–Trinajstić information content (AvgIpc) is 3.30. The molecular weight excluding hydrogens is 310 g/mol. The van der Waals surface area contributed by atoms with Crippen LogP contribution in [0.25, 0.3) is 0 Å². The lowest BCUT2D eigenvalue weighted by atomic mass is 10.1. The first-order chi connectivity index (χ1) is 9.70. The SMILES string of the molecule is Cl.NCC(NC(=O)CSCC(=O)N1CCCCC1)C1CC1. The summed E-state index contributed by atoms with van der Waals surface area (Å²) in [6.07, 6.45) is 5.78. The number of carbonyl (C=O) groups is 2. The van der Waals surface area contributed by atoms with Gasteiger partial charge in [-0.3, -0.25) is 9.59 Å². The molecule has 1 saturated carbocycles. The predicted molar refractivity (Wildman–Crippen MR) is 88.7 cm³/mol. The van der Waals surface area contributed by atoms with Crippen molar-refractivity contribution < 1.29 is 9.59 Å². The summed E-state index contributed by atoms with van der Waals surface area (Å²) >= 11 is 1.40. The van der Waals surface area contributed by atoms with Gasteiger partial charge in [-0.25, -0.2) is 0 Å². The van der Waals surface area contributed by atoms with Crippen molar-refractivity contribution in [3.63, 3.8) is 0 Å². The van der Waals surface area contributed by atoms with Gasteiger partial charge in [0, 0.05) is 25.7 Å². The Bertz CT molecular complexity index is 347. The van der Waals surface area contributed by atoms with E-state index in [1.54, 1.807) is 0 Å². The maximum atomic E-state index is 11.9. The van der Waals surface area contributed by atoms with Crippen LogP contribution in [0.15, 0.2) is 0 Å². The minimum Gasteiger partial charge on any atom is -0.351 e. The molecule has 0 radical (unpaired) electrons. The van der Waals surface area contributed by atoms with Crippen LogP contribution in [0.4, 0.5) is 0 Å². The molecule has 1 heterocycles. The predicted octanol–water partition coefficient (Wildman–Crippen LogP) is 1.01. The van der Waals surface area contributed by atoms with Crippen LogP contribution in [0, 0.1) is 5.92 Å². The summed E-state index contributed by atoms with van der Waals surface area (Å²) < 4.78 is 0. The third-order valence-electron chi connectivity index (χ3n) is 3.96. The molecule has 5 nitrogen and oxygen atoms in total. The second-order valence-corrected chi connectivity index (χ2v) is 6.67. The molecule has 1 aliphatic carbocycles. The van der Waals surface area contributed by atoms with Crippen LogP contribution in [-0.2, 0) is 9.59 Å². The van der Waals surface area contributed by atoms with Crippen LogP contribution < -0.4 is 11.1 Å². The topological polar surface area (TPSA) is 75.4 Å². The zero-order valence-electron chi connectivity index (χ0n) is 12.4.